The molecule has 9 nitrogen and oxygen atoms in total. The molecule has 3 heterocycles. The number of hydrogen-bond donors (Lipinski definition) is 1. The molecule has 1 N–H and O–H groups in total. The van der Waals surface area contributed by atoms with Crippen LogP contribution in [0.15, 0.2) is 48.7 Å². The number of nitrogens with one attached hydrogen (secondary N) is 1. The minimum absolute atomic E-state index is 0.0630. The summed E-state index contributed by atoms with van der Waals surface area (Å²) < 4.78 is 11.5. The molecule has 36 heavy (non-hydrogen) atoms. The Morgan fingerprint density at radius 3 is 2.39 bits per heavy atom. The van der Waals surface area contributed by atoms with E-state index in [4.69, 9.17) is 9.47 Å². The van der Waals surface area contributed by atoms with Gasteiger partial charge in [-0.2, -0.15) is 0 Å². The van der Waals surface area contributed by atoms with E-state index in [9.17, 15) is 14.4 Å². The second-order valence-electron chi connectivity index (χ2n) is 10.3. The van der Waals surface area contributed by atoms with E-state index in [-0.39, 0.29) is 30.9 Å². The van der Waals surface area contributed by atoms with Gasteiger partial charge in [-0.3, -0.25) is 24.3 Å². The lowest BCUT2D eigenvalue weighted by atomic mass is 9.91. The number of likely N-dealkylation sites (tertiary alicyclic amines) is 1. The van der Waals surface area contributed by atoms with E-state index in [1.165, 1.54) is 0 Å². The summed E-state index contributed by atoms with van der Waals surface area (Å²) >= 11 is 0. The number of amides is 3. The molecule has 2 aliphatic heterocycles. The molecule has 0 aliphatic carbocycles. The van der Waals surface area contributed by atoms with Crippen LogP contribution in [0.2, 0.25) is 0 Å². The maximum absolute atomic E-state index is 13.8. The summed E-state index contributed by atoms with van der Waals surface area (Å²) in [5.74, 6) is 0.113. The van der Waals surface area contributed by atoms with Crippen LogP contribution in [0.25, 0.3) is 0 Å². The van der Waals surface area contributed by atoms with Crippen molar-refractivity contribution in [1.82, 2.24) is 20.1 Å². The highest BCUT2D eigenvalue weighted by Gasteiger charge is 2.54. The summed E-state index contributed by atoms with van der Waals surface area (Å²) in [5.41, 5.74) is -0.287. The van der Waals surface area contributed by atoms with Crippen LogP contribution in [0.4, 0.5) is 0 Å². The number of nitrogens with zero attached hydrogens (tertiary/aromatic N) is 3. The van der Waals surface area contributed by atoms with E-state index < -0.39 is 17.2 Å². The highest BCUT2D eigenvalue weighted by molar-refractivity contribution is 5.98. The number of pyridine rings is 1. The number of ether oxygens (including phenoxy) is 2. The first-order valence-electron chi connectivity index (χ1n) is 12.2. The molecule has 9 heteroatoms. The van der Waals surface area contributed by atoms with Gasteiger partial charge in [0.15, 0.2) is 0 Å². The topological polar surface area (TPSA) is 101 Å². The zero-order valence-corrected chi connectivity index (χ0v) is 21.3. The average Bonchev–Trinajstić information content (AvgIpc) is 3.25. The molecular weight excluding hydrogens is 460 g/mol. The van der Waals surface area contributed by atoms with E-state index in [2.05, 4.69) is 10.3 Å². The number of hydrogen-bond acceptors (Lipinski definition) is 6. The lowest BCUT2D eigenvalue weighted by molar-refractivity contribution is -0.150. The van der Waals surface area contributed by atoms with Crippen molar-refractivity contribution in [3.8, 4) is 5.75 Å². The standard InChI is InChI=1S/C27H34N4O5/c1-26(2,3)25(34)30-15-12-27(13-16-30)31(24(33)19-8-10-21(35-4)11-9-19)22(18-36-27)23(32)29-17-20-7-5-6-14-28-20/h5-11,14,22H,12-13,15-18H2,1-4H3,(H,29,32)/t22-/m0/s1. The quantitative estimate of drug-likeness (QED) is 0.686. The minimum Gasteiger partial charge on any atom is -0.497 e. The summed E-state index contributed by atoms with van der Waals surface area (Å²) in [6.07, 6.45) is 2.53. The first-order valence-corrected chi connectivity index (χ1v) is 12.2. The molecule has 1 atom stereocenters. The highest BCUT2D eigenvalue weighted by Crippen LogP contribution is 2.39. The summed E-state index contributed by atoms with van der Waals surface area (Å²) in [7, 11) is 1.56. The molecular formula is C27H34N4O5. The molecule has 0 radical (unpaired) electrons. The maximum atomic E-state index is 13.8. The number of piperidine rings is 1. The van der Waals surface area contributed by atoms with Crippen molar-refractivity contribution in [3.05, 3.63) is 59.9 Å². The van der Waals surface area contributed by atoms with Gasteiger partial charge >= 0.3 is 0 Å². The van der Waals surface area contributed by atoms with Crippen molar-refractivity contribution in [2.75, 3.05) is 26.8 Å². The van der Waals surface area contributed by atoms with Gasteiger partial charge in [0.25, 0.3) is 5.91 Å². The molecule has 0 unspecified atom stereocenters. The molecule has 0 saturated carbocycles. The van der Waals surface area contributed by atoms with Crippen molar-refractivity contribution in [1.29, 1.82) is 0 Å². The van der Waals surface area contributed by atoms with Crippen LogP contribution < -0.4 is 10.1 Å². The number of rotatable bonds is 5. The monoisotopic (exact) mass is 494 g/mol. The summed E-state index contributed by atoms with van der Waals surface area (Å²) in [6.45, 7) is 6.92. The second kappa shape index (κ2) is 10.3. The van der Waals surface area contributed by atoms with Gasteiger partial charge in [0.2, 0.25) is 11.8 Å². The molecule has 2 saturated heterocycles. The van der Waals surface area contributed by atoms with E-state index in [0.717, 1.165) is 5.69 Å². The van der Waals surface area contributed by atoms with E-state index >= 15 is 0 Å². The average molecular weight is 495 g/mol. The minimum atomic E-state index is -0.960. The van der Waals surface area contributed by atoms with Gasteiger partial charge in [-0.1, -0.05) is 26.8 Å². The van der Waals surface area contributed by atoms with Gasteiger partial charge in [-0.15, -0.1) is 0 Å². The summed E-state index contributed by atoms with van der Waals surface area (Å²) in [6, 6.07) is 11.5. The normalized spacial score (nSPS) is 19.3. The SMILES string of the molecule is COc1ccc(C(=O)N2[C@H](C(=O)NCc3ccccn3)COC23CCN(C(=O)C(C)(C)C)CC3)cc1. The Balaban J connectivity index is 1.57. The Hall–Kier alpha value is -3.46. The second-order valence-corrected chi connectivity index (χ2v) is 10.3. The lowest BCUT2D eigenvalue weighted by Crippen LogP contribution is -2.60. The van der Waals surface area contributed by atoms with Crippen LogP contribution in [0.1, 0.15) is 49.7 Å². The number of carbonyl (C=O) groups excluding carboxylic acids is 3. The fourth-order valence-electron chi connectivity index (χ4n) is 4.77. The van der Waals surface area contributed by atoms with Crippen molar-refractivity contribution >= 4 is 17.7 Å². The zero-order valence-electron chi connectivity index (χ0n) is 21.3. The fourth-order valence-corrected chi connectivity index (χ4v) is 4.77. The van der Waals surface area contributed by atoms with Crippen LogP contribution in [0, 0.1) is 5.41 Å². The molecule has 4 rings (SSSR count). The third-order valence-electron chi connectivity index (χ3n) is 6.76. The number of benzene rings is 1. The zero-order chi connectivity index (χ0) is 25.9. The van der Waals surface area contributed by atoms with E-state index in [1.807, 2.05) is 43.9 Å². The highest BCUT2D eigenvalue weighted by atomic mass is 16.5. The van der Waals surface area contributed by atoms with Gasteiger partial charge in [0.1, 0.15) is 17.5 Å². The van der Waals surface area contributed by atoms with Crippen LogP contribution in [0.5, 0.6) is 5.75 Å². The Morgan fingerprint density at radius 2 is 1.81 bits per heavy atom. The van der Waals surface area contributed by atoms with E-state index in [1.54, 1.807) is 42.5 Å². The maximum Gasteiger partial charge on any atom is 0.256 e. The molecule has 2 aromatic rings. The molecule has 1 aromatic heterocycles. The molecule has 0 bridgehead atoms. The van der Waals surface area contributed by atoms with Gasteiger partial charge < -0.3 is 19.7 Å². The Labute approximate surface area is 211 Å². The molecule has 1 aromatic carbocycles. The molecule has 1 spiro atoms. The molecule has 3 amide bonds. The van der Waals surface area contributed by atoms with Crippen molar-refractivity contribution < 1.29 is 23.9 Å². The van der Waals surface area contributed by atoms with Gasteiger partial charge in [-0.25, -0.2) is 0 Å². The lowest BCUT2D eigenvalue weighted by Gasteiger charge is -2.45. The largest absolute Gasteiger partial charge is 0.497 e. The third kappa shape index (κ3) is 5.21. The summed E-state index contributed by atoms with van der Waals surface area (Å²) in [4.78, 5) is 47.6. The smallest absolute Gasteiger partial charge is 0.256 e. The number of carbonyl (C=O) groups is 3. The van der Waals surface area contributed by atoms with Crippen molar-refractivity contribution in [3.63, 3.8) is 0 Å². The van der Waals surface area contributed by atoms with Crippen molar-refractivity contribution in [2.24, 2.45) is 5.41 Å². The first-order chi connectivity index (χ1) is 17.1. The Bertz CT molecular complexity index is 1090. The predicted molar refractivity (Wildman–Crippen MR) is 133 cm³/mol. The summed E-state index contributed by atoms with van der Waals surface area (Å²) in [5, 5.41) is 2.90. The van der Waals surface area contributed by atoms with Crippen LogP contribution >= 0.6 is 0 Å². The van der Waals surface area contributed by atoms with Gasteiger partial charge in [0, 0.05) is 43.1 Å². The number of aromatic nitrogens is 1. The number of methoxy groups -OCH3 is 1. The van der Waals surface area contributed by atoms with Crippen molar-refractivity contribution in [2.45, 2.75) is 51.9 Å². The Kier molecular flexibility index (Phi) is 7.31. The molecule has 2 aliphatic rings. The fraction of sp³-hybridized carbons (Fsp3) is 0.481. The molecule has 192 valence electrons. The Morgan fingerprint density at radius 1 is 1.11 bits per heavy atom. The van der Waals surface area contributed by atoms with Gasteiger partial charge in [0.05, 0.1) is 26.0 Å². The van der Waals surface area contributed by atoms with Crippen LogP contribution in [-0.4, -0.2) is 71.1 Å². The van der Waals surface area contributed by atoms with E-state index in [0.29, 0.717) is 37.2 Å². The first kappa shape index (κ1) is 25.6. The van der Waals surface area contributed by atoms with Crippen LogP contribution in [-0.2, 0) is 20.9 Å². The van der Waals surface area contributed by atoms with Gasteiger partial charge in [-0.05, 0) is 36.4 Å². The molecule has 2 fully saturated rings. The third-order valence-corrected chi connectivity index (χ3v) is 6.76. The van der Waals surface area contributed by atoms with Crippen LogP contribution in [0.3, 0.4) is 0 Å². The predicted octanol–water partition coefficient (Wildman–Crippen LogP) is 2.61.